The number of nitrogens with one attached hydrogen (secondary N) is 3. The second kappa shape index (κ2) is 16.0. The van der Waals surface area contributed by atoms with E-state index in [1.54, 1.807) is 7.05 Å². The maximum Gasteiger partial charge on any atom is 0.168 e. The lowest BCUT2D eigenvalue weighted by atomic mass is 9.76. The highest BCUT2D eigenvalue weighted by Crippen LogP contribution is 2.36. The van der Waals surface area contributed by atoms with Crippen molar-refractivity contribution in [2.45, 2.75) is 59.8 Å². The molecule has 7 nitrogen and oxygen atoms in total. The molecule has 2 atom stereocenters. The molecule has 3 aromatic rings. The highest BCUT2D eigenvalue weighted by molar-refractivity contribution is 6.32. The Morgan fingerprint density at radius 1 is 1.10 bits per heavy atom. The second-order valence-electron chi connectivity index (χ2n) is 10.3. The molecular weight excluding hydrogens is 546 g/mol. The van der Waals surface area contributed by atoms with Crippen LogP contribution in [-0.2, 0) is 4.79 Å². The van der Waals surface area contributed by atoms with Crippen molar-refractivity contribution in [1.29, 1.82) is 0 Å². The fourth-order valence-corrected chi connectivity index (χ4v) is 5.46. The van der Waals surface area contributed by atoms with Gasteiger partial charge in [-0.1, -0.05) is 56.6 Å². The minimum Gasteiger partial charge on any atom is -0.461 e. The Morgan fingerprint density at radius 2 is 1.83 bits per heavy atom. The van der Waals surface area contributed by atoms with Gasteiger partial charge in [0.2, 0.25) is 0 Å². The SMILES string of the molecule is C=C(N/C(C=O)=C(\C)NC)C1CCCC(C2=NN=C(c3cc(Cl)cc4cc(C)oc34)C2)C1.CC.CNc1ccccc1. The van der Waals surface area contributed by atoms with E-state index in [-0.39, 0.29) is 5.92 Å². The van der Waals surface area contributed by atoms with E-state index in [4.69, 9.17) is 16.0 Å². The van der Waals surface area contributed by atoms with E-state index < -0.39 is 0 Å². The third-order valence-electron chi connectivity index (χ3n) is 7.56. The smallest absolute Gasteiger partial charge is 0.168 e. The summed E-state index contributed by atoms with van der Waals surface area (Å²) in [7, 11) is 3.71. The molecule has 0 saturated heterocycles. The molecule has 0 radical (unpaired) electrons. The average molecular weight is 590 g/mol. The van der Waals surface area contributed by atoms with Gasteiger partial charge in [0.25, 0.3) is 0 Å². The summed E-state index contributed by atoms with van der Waals surface area (Å²) in [5, 5.41) is 20.0. The van der Waals surface area contributed by atoms with Crippen molar-refractivity contribution < 1.29 is 9.21 Å². The predicted octanol–water partition coefficient (Wildman–Crippen LogP) is 8.26. The number of aryl methyl sites for hydroxylation is 1. The quantitative estimate of drug-likeness (QED) is 0.182. The van der Waals surface area contributed by atoms with Gasteiger partial charge in [0.05, 0.1) is 11.4 Å². The van der Waals surface area contributed by atoms with Crippen molar-refractivity contribution in [1.82, 2.24) is 10.6 Å². The van der Waals surface area contributed by atoms with Gasteiger partial charge >= 0.3 is 0 Å². The number of hydrogen-bond donors (Lipinski definition) is 3. The number of anilines is 1. The number of furan rings is 1. The van der Waals surface area contributed by atoms with Crippen molar-refractivity contribution in [3.63, 3.8) is 0 Å². The maximum absolute atomic E-state index is 11.4. The summed E-state index contributed by atoms with van der Waals surface area (Å²) in [4.78, 5) is 11.4. The largest absolute Gasteiger partial charge is 0.461 e. The number of halogens is 1. The molecule has 1 saturated carbocycles. The predicted molar refractivity (Wildman–Crippen MR) is 177 cm³/mol. The first-order valence-electron chi connectivity index (χ1n) is 14.7. The molecule has 2 aliphatic rings. The Morgan fingerprint density at radius 3 is 2.48 bits per heavy atom. The van der Waals surface area contributed by atoms with Crippen molar-refractivity contribution in [3.05, 3.63) is 88.5 Å². The summed E-state index contributed by atoms with van der Waals surface area (Å²) < 4.78 is 5.92. The maximum atomic E-state index is 11.4. The molecule has 0 amide bonds. The minimum atomic E-state index is 0.283. The molecule has 42 heavy (non-hydrogen) atoms. The van der Waals surface area contributed by atoms with E-state index in [2.05, 4.69) is 32.7 Å². The first-order valence-corrected chi connectivity index (χ1v) is 15.1. The number of benzene rings is 2. The van der Waals surface area contributed by atoms with E-state index >= 15 is 0 Å². The van der Waals surface area contributed by atoms with E-state index in [9.17, 15) is 4.79 Å². The van der Waals surface area contributed by atoms with E-state index in [1.807, 2.05) is 83.3 Å². The van der Waals surface area contributed by atoms with Crippen molar-refractivity contribution >= 4 is 46.0 Å². The number of hydrogen-bond acceptors (Lipinski definition) is 7. The zero-order valence-electron chi connectivity index (χ0n) is 25.7. The monoisotopic (exact) mass is 589 g/mol. The van der Waals surface area contributed by atoms with Crippen LogP contribution in [0.1, 0.15) is 64.2 Å². The normalized spacial score (nSPS) is 18.3. The molecule has 3 N–H and O–H groups in total. The van der Waals surface area contributed by atoms with E-state index in [0.29, 0.717) is 23.1 Å². The van der Waals surface area contributed by atoms with Crippen LogP contribution in [0.5, 0.6) is 0 Å². The van der Waals surface area contributed by atoms with Gasteiger partial charge < -0.3 is 20.4 Å². The molecule has 8 heteroatoms. The topological polar surface area (TPSA) is 91.0 Å². The van der Waals surface area contributed by atoms with Crippen LogP contribution in [0.25, 0.3) is 11.0 Å². The van der Waals surface area contributed by atoms with Crippen LogP contribution < -0.4 is 16.0 Å². The molecule has 1 fully saturated rings. The summed E-state index contributed by atoms with van der Waals surface area (Å²) >= 11 is 6.35. The Kier molecular flexibility index (Phi) is 12.4. The van der Waals surface area contributed by atoms with Crippen LogP contribution in [0.4, 0.5) is 5.69 Å². The van der Waals surface area contributed by atoms with Gasteiger partial charge in [-0.2, -0.15) is 10.2 Å². The van der Waals surface area contributed by atoms with Gasteiger partial charge in [-0.25, -0.2) is 0 Å². The number of fused-ring (bicyclic) bond motifs is 1. The van der Waals surface area contributed by atoms with Gasteiger partial charge in [-0.05, 0) is 69.4 Å². The standard InChI is InChI=1S/C25H29ClN4O2.C7H9N.C2H6/c1-14-8-19-10-20(26)11-21(25(19)32-14)23-12-22(29-30-23)18-7-5-6-17(9-18)15(2)28-24(13-31)16(3)27-4;1-8-7-5-3-2-4-6-7;1-2/h8,10-11,13,17-18,27-28H,2,5-7,9,12H2,1,3-4H3;2-6,8H,1H3;1-2H3/b24-16+;;. The number of aldehydes is 1. The molecular formula is C34H44ClN5O2. The molecule has 0 spiro atoms. The van der Waals surface area contributed by atoms with Crippen LogP contribution in [0.2, 0.25) is 5.02 Å². The van der Waals surface area contributed by atoms with E-state index in [0.717, 1.165) is 82.8 Å². The first-order chi connectivity index (χ1) is 20.3. The highest BCUT2D eigenvalue weighted by atomic mass is 35.5. The fourth-order valence-electron chi connectivity index (χ4n) is 5.24. The molecule has 1 aliphatic carbocycles. The minimum absolute atomic E-state index is 0.283. The van der Waals surface area contributed by atoms with Crippen LogP contribution in [0, 0.1) is 18.8 Å². The summed E-state index contributed by atoms with van der Waals surface area (Å²) in [5.41, 5.74) is 7.11. The van der Waals surface area contributed by atoms with Gasteiger partial charge in [0, 0.05) is 65.2 Å². The fraction of sp³-hybridized carbons (Fsp3) is 0.382. The zero-order valence-corrected chi connectivity index (χ0v) is 26.4. The van der Waals surface area contributed by atoms with Gasteiger partial charge in [0.1, 0.15) is 11.3 Å². The van der Waals surface area contributed by atoms with Crippen molar-refractivity contribution in [2.75, 3.05) is 19.4 Å². The number of carbonyl (C=O) groups excluding carboxylic acids is 1. The Labute approximate surface area is 255 Å². The number of carbonyl (C=O) groups is 1. The lowest BCUT2D eigenvalue weighted by molar-refractivity contribution is -0.105. The number of para-hydroxylation sites is 1. The third-order valence-corrected chi connectivity index (χ3v) is 7.77. The van der Waals surface area contributed by atoms with Crippen molar-refractivity contribution in [3.8, 4) is 0 Å². The molecule has 1 aliphatic heterocycles. The highest BCUT2D eigenvalue weighted by Gasteiger charge is 2.31. The number of allylic oxidation sites excluding steroid dienone is 3. The lowest BCUT2D eigenvalue weighted by Crippen LogP contribution is -2.29. The van der Waals surface area contributed by atoms with Crippen LogP contribution in [0.15, 0.2) is 86.8 Å². The second-order valence-corrected chi connectivity index (χ2v) is 10.7. The Balaban J connectivity index is 0.000000414. The van der Waals surface area contributed by atoms with Crippen LogP contribution in [-0.4, -0.2) is 31.8 Å². The average Bonchev–Trinajstić information content (AvgIpc) is 3.67. The zero-order chi connectivity index (χ0) is 30.6. The summed E-state index contributed by atoms with van der Waals surface area (Å²) in [5.74, 6) is 1.47. The number of rotatable bonds is 8. The Hall–Kier alpha value is -3.84. The van der Waals surface area contributed by atoms with Crippen molar-refractivity contribution in [2.24, 2.45) is 22.0 Å². The Bertz CT molecular complexity index is 1460. The summed E-state index contributed by atoms with van der Waals surface area (Å²) in [6.07, 6.45) is 5.71. The molecule has 2 heterocycles. The summed E-state index contributed by atoms with van der Waals surface area (Å²) in [6, 6.07) is 15.9. The first kappa shape index (κ1) is 32.7. The lowest BCUT2D eigenvalue weighted by Gasteiger charge is -2.31. The van der Waals surface area contributed by atoms with E-state index in [1.165, 1.54) is 0 Å². The molecule has 2 unspecified atom stereocenters. The van der Waals surface area contributed by atoms with Crippen LogP contribution >= 0.6 is 11.6 Å². The summed E-state index contributed by atoms with van der Waals surface area (Å²) in [6.45, 7) is 12.0. The molecule has 224 valence electrons. The number of nitrogens with zero attached hydrogens (tertiary/aromatic N) is 2. The molecule has 1 aromatic heterocycles. The molecule has 5 rings (SSSR count). The molecule has 0 bridgehead atoms. The van der Waals surface area contributed by atoms with Gasteiger partial charge in [-0.3, -0.25) is 4.79 Å². The van der Waals surface area contributed by atoms with Crippen LogP contribution in [0.3, 0.4) is 0 Å². The van der Waals surface area contributed by atoms with Gasteiger partial charge in [0.15, 0.2) is 6.29 Å². The van der Waals surface area contributed by atoms with Gasteiger partial charge in [-0.15, -0.1) is 0 Å². The third kappa shape index (κ3) is 8.35. The molecule has 2 aromatic carbocycles.